The number of ether oxygens (including phenoxy) is 1. The third kappa shape index (κ3) is 3.32. The first-order chi connectivity index (χ1) is 13.6. The first-order valence-corrected chi connectivity index (χ1v) is 8.94. The third-order valence-corrected chi connectivity index (χ3v) is 4.80. The Bertz CT molecular complexity index is 940. The number of nitrogens with zero attached hydrogens (tertiary/aromatic N) is 2. The highest BCUT2D eigenvalue weighted by molar-refractivity contribution is 5.89. The molecule has 140 valence electrons. The van der Waals surface area contributed by atoms with E-state index < -0.39 is 17.1 Å². The summed E-state index contributed by atoms with van der Waals surface area (Å²) < 4.78 is 5.92. The summed E-state index contributed by atoms with van der Waals surface area (Å²) in [5.74, 6) is 0.375. The van der Waals surface area contributed by atoms with Crippen LogP contribution in [0.4, 0.5) is 5.69 Å². The van der Waals surface area contributed by atoms with Gasteiger partial charge in [0.15, 0.2) is 0 Å². The van der Waals surface area contributed by atoms with Crippen LogP contribution < -0.4 is 4.74 Å². The molecule has 1 aliphatic rings. The van der Waals surface area contributed by atoms with Crippen molar-refractivity contribution in [1.82, 2.24) is 4.90 Å². The first kappa shape index (κ1) is 17.7. The Kier molecular flexibility index (Phi) is 4.76. The molecule has 2 unspecified atom stereocenters. The Balaban J connectivity index is 1.69. The van der Waals surface area contributed by atoms with Crippen molar-refractivity contribution in [2.75, 3.05) is 0 Å². The monoisotopic (exact) mass is 374 g/mol. The van der Waals surface area contributed by atoms with Crippen LogP contribution in [0, 0.1) is 10.1 Å². The highest BCUT2D eigenvalue weighted by Crippen LogP contribution is 2.42. The van der Waals surface area contributed by atoms with Crippen LogP contribution in [0.15, 0.2) is 84.9 Å². The number of hydrogen-bond acceptors (Lipinski definition) is 4. The van der Waals surface area contributed by atoms with Gasteiger partial charge in [0.25, 0.3) is 11.6 Å². The number of carbonyl (C=O) groups is 1. The number of nitro groups is 1. The lowest BCUT2D eigenvalue weighted by Gasteiger charge is -2.46. The predicted octanol–water partition coefficient (Wildman–Crippen LogP) is 4.13. The second kappa shape index (κ2) is 7.52. The molecule has 3 aromatic rings. The molecule has 0 spiro atoms. The highest BCUT2D eigenvalue weighted by atomic mass is 16.6. The maximum absolute atomic E-state index is 12.9. The molecule has 4 rings (SSSR count). The molecule has 6 nitrogen and oxygen atoms in total. The minimum absolute atomic E-state index is 0.0141. The average molecular weight is 374 g/mol. The van der Waals surface area contributed by atoms with Crippen molar-refractivity contribution in [1.29, 1.82) is 0 Å². The van der Waals surface area contributed by atoms with Crippen molar-refractivity contribution in [3.63, 3.8) is 0 Å². The zero-order valence-corrected chi connectivity index (χ0v) is 15.0. The smallest absolute Gasteiger partial charge is 0.274 e. The van der Waals surface area contributed by atoms with Crippen LogP contribution in [-0.2, 0) is 11.3 Å². The fraction of sp³-hybridized carbons (Fsp3) is 0.136. The van der Waals surface area contributed by atoms with Gasteiger partial charge >= 0.3 is 0 Å². The predicted molar refractivity (Wildman–Crippen MR) is 104 cm³/mol. The molecule has 3 aromatic carbocycles. The second-order valence-electron chi connectivity index (χ2n) is 6.56. The number of hydrogen-bond donors (Lipinski definition) is 0. The van der Waals surface area contributed by atoms with Crippen LogP contribution in [0.1, 0.15) is 17.2 Å². The maximum atomic E-state index is 12.9. The summed E-state index contributed by atoms with van der Waals surface area (Å²) in [7, 11) is 0. The fourth-order valence-corrected chi connectivity index (χ4v) is 3.47. The van der Waals surface area contributed by atoms with E-state index in [1.807, 2.05) is 48.5 Å². The minimum Gasteiger partial charge on any atom is -0.478 e. The second-order valence-corrected chi connectivity index (χ2v) is 6.56. The number of nitro benzene ring substituents is 1. The number of para-hydroxylation sites is 2. The Hall–Kier alpha value is -3.67. The fourth-order valence-electron chi connectivity index (χ4n) is 3.47. The van der Waals surface area contributed by atoms with Gasteiger partial charge in [-0.2, -0.15) is 0 Å². The lowest BCUT2D eigenvalue weighted by atomic mass is 9.88. The normalized spacial score (nSPS) is 18.4. The number of carbonyl (C=O) groups excluding carboxylic acids is 1. The summed E-state index contributed by atoms with van der Waals surface area (Å²) in [6, 6.07) is 24.6. The van der Waals surface area contributed by atoms with E-state index >= 15 is 0 Å². The van der Waals surface area contributed by atoms with E-state index in [0.717, 1.165) is 5.56 Å². The molecule has 0 bridgehead atoms. The molecule has 1 amide bonds. The van der Waals surface area contributed by atoms with Gasteiger partial charge in [-0.3, -0.25) is 14.9 Å². The summed E-state index contributed by atoms with van der Waals surface area (Å²) in [5.41, 5.74) is 1.42. The Morgan fingerprint density at radius 2 is 1.50 bits per heavy atom. The van der Waals surface area contributed by atoms with Gasteiger partial charge in [-0.15, -0.1) is 0 Å². The molecule has 1 heterocycles. The number of benzene rings is 3. The molecule has 28 heavy (non-hydrogen) atoms. The molecule has 0 saturated carbocycles. The van der Waals surface area contributed by atoms with Crippen molar-refractivity contribution in [2.24, 2.45) is 0 Å². The minimum atomic E-state index is -0.799. The van der Waals surface area contributed by atoms with Crippen LogP contribution in [0.3, 0.4) is 0 Å². The SMILES string of the molecule is O=C1C(Oc2ccccc2)C(c2ccccc2[N+](=O)[O-])N1Cc1ccccc1. The van der Waals surface area contributed by atoms with Gasteiger partial charge in [0.2, 0.25) is 6.10 Å². The van der Waals surface area contributed by atoms with Crippen LogP contribution >= 0.6 is 0 Å². The van der Waals surface area contributed by atoms with E-state index in [1.54, 1.807) is 35.2 Å². The molecule has 0 aliphatic carbocycles. The van der Waals surface area contributed by atoms with Gasteiger partial charge in [0.05, 0.1) is 10.5 Å². The van der Waals surface area contributed by atoms with Gasteiger partial charge in [-0.1, -0.05) is 60.7 Å². The van der Waals surface area contributed by atoms with E-state index in [1.165, 1.54) is 6.07 Å². The van der Waals surface area contributed by atoms with Gasteiger partial charge in [-0.25, -0.2) is 0 Å². The zero-order chi connectivity index (χ0) is 19.5. The van der Waals surface area contributed by atoms with Crippen molar-refractivity contribution in [3.05, 3.63) is 106 Å². The summed E-state index contributed by atoms with van der Waals surface area (Å²) in [6.07, 6.45) is -0.799. The molecule has 0 aromatic heterocycles. The average Bonchev–Trinajstić information content (AvgIpc) is 2.74. The number of β-lactam (4-membered cyclic amide) rings is 1. The molecule has 1 fully saturated rings. The van der Waals surface area contributed by atoms with Crippen molar-refractivity contribution in [2.45, 2.75) is 18.7 Å². The Morgan fingerprint density at radius 1 is 0.893 bits per heavy atom. The molecule has 0 radical (unpaired) electrons. The summed E-state index contributed by atoms with van der Waals surface area (Å²) in [6.45, 7) is 0.366. The summed E-state index contributed by atoms with van der Waals surface area (Å²) >= 11 is 0. The van der Waals surface area contributed by atoms with E-state index in [9.17, 15) is 14.9 Å². The molecule has 1 saturated heterocycles. The molecular formula is C22H18N2O4. The number of amides is 1. The Morgan fingerprint density at radius 3 is 2.18 bits per heavy atom. The van der Waals surface area contributed by atoms with E-state index in [2.05, 4.69) is 0 Å². The molecular weight excluding hydrogens is 356 g/mol. The molecule has 0 N–H and O–H groups in total. The van der Waals surface area contributed by atoms with Gasteiger partial charge in [0.1, 0.15) is 11.8 Å². The topological polar surface area (TPSA) is 72.7 Å². The van der Waals surface area contributed by atoms with Crippen LogP contribution in [0.25, 0.3) is 0 Å². The number of rotatable bonds is 6. The lowest BCUT2D eigenvalue weighted by Crippen LogP contribution is -2.60. The van der Waals surface area contributed by atoms with Crippen LogP contribution in [0.2, 0.25) is 0 Å². The van der Waals surface area contributed by atoms with E-state index in [4.69, 9.17) is 4.74 Å². The highest BCUT2D eigenvalue weighted by Gasteiger charge is 2.52. The van der Waals surface area contributed by atoms with Crippen LogP contribution in [0.5, 0.6) is 5.75 Å². The molecule has 1 aliphatic heterocycles. The van der Waals surface area contributed by atoms with E-state index in [0.29, 0.717) is 17.9 Å². The molecule has 2 atom stereocenters. The first-order valence-electron chi connectivity index (χ1n) is 8.94. The maximum Gasteiger partial charge on any atom is 0.274 e. The Labute approximate surface area is 162 Å². The van der Waals surface area contributed by atoms with Gasteiger partial charge in [0, 0.05) is 12.6 Å². The largest absolute Gasteiger partial charge is 0.478 e. The number of likely N-dealkylation sites (tertiary alicyclic amines) is 1. The third-order valence-electron chi connectivity index (χ3n) is 4.80. The van der Waals surface area contributed by atoms with Crippen LogP contribution in [-0.4, -0.2) is 21.8 Å². The quantitative estimate of drug-likeness (QED) is 0.369. The van der Waals surface area contributed by atoms with Crippen molar-refractivity contribution < 1.29 is 14.5 Å². The van der Waals surface area contributed by atoms with Crippen molar-refractivity contribution >= 4 is 11.6 Å². The zero-order valence-electron chi connectivity index (χ0n) is 15.0. The van der Waals surface area contributed by atoms with Gasteiger partial charge < -0.3 is 9.64 Å². The van der Waals surface area contributed by atoms with Gasteiger partial charge in [-0.05, 0) is 23.8 Å². The standard InChI is InChI=1S/C22H18N2O4/c25-22-21(28-17-11-5-2-6-12-17)20(18-13-7-8-14-19(18)24(26)27)23(22)15-16-9-3-1-4-10-16/h1-14,20-21H,15H2. The molecule has 6 heteroatoms. The summed E-state index contributed by atoms with van der Waals surface area (Å²) in [5, 5.41) is 11.5. The lowest BCUT2D eigenvalue weighted by molar-refractivity contribution is -0.386. The van der Waals surface area contributed by atoms with Crippen molar-refractivity contribution in [3.8, 4) is 5.75 Å². The van der Waals surface area contributed by atoms with E-state index in [-0.39, 0.29) is 11.6 Å². The summed E-state index contributed by atoms with van der Waals surface area (Å²) in [4.78, 5) is 25.6.